The van der Waals surface area contributed by atoms with Crippen LogP contribution in [0.5, 0.6) is 0 Å². The predicted octanol–water partition coefficient (Wildman–Crippen LogP) is 0.212. The van der Waals surface area contributed by atoms with Gasteiger partial charge in [-0.3, -0.25) is 0 Å². The van der Waals surface area contributed by atoms with Crippen LogP contribution in [0.2, 0.25) is 0 Å². The average Bonchev–Trinajstić information content (AvgIpc) is 1.35. The third-order valence-corrected chi connectivity index (χ3v) is 0.235. The Morgan fingerprint density at radius 2 is 2.29 bits per heavy atom. The second kappa shape index (κ2) is 6.08. The fourth-order valence-electron chi connectivity index (χ4n) is 0.105. The molecule has 0 amide bonds. The van der Waals surface area contributed by atoms with Crippen LogP contribution in [-0.2, 0) is 31.0 Å². The first-order chi connectivity index (χ1) is 2.77. The van der Waals surface area contributed by atoms with Gasteiger partial charge >= 0.3 is 0 Å². The van der Waals surface area contributed by atoms with E-state index >= 15 is 0 Å². The first-order valence-electron chi connectivity index (χ1n) is 1.54. The molecule has 0 aromatic rings. The summed E-state index contributed by atoms with van der Waals surface area (Å²) in [6.45, 7) is 1.69. The van der Waals surface area contributed by atoms with E-state index in [-0.39, 0.29) is 32.8 Å². The molecule has 7 heavy (non-hydrogen) atoms. The summed E-state index contributed by atoms with van der Waals surface area (Å²) in [6.07, 6.45) is 0. The van der Waals surface area contributed by atoms with Gasteiger partial charge in [-0.25, -0.2) is 0 Å². The van der Waals surface area contributed by atoms with Gasteiger partial charge in [-0.05, 0) is 6.92 Å². The minimum Gasteiger partial charge on any atom is -0.314 e. The van der Waals surface area contributed by atoms with Crippen molar-refractivity contribution in [1.29, 1.82) is 0 Å². The van der Waals surface area contributed by atoms with Crippen LogP contribution >= 0.6 is 0 Å². The SMILES string of the molecule is CCO[N+](=O)[O-].[Zr]. The maximum atomic E-state index is 9.18. The fourth-order valence-corrected chi connectivity index (χ4v) is 0.105. The Labute approximate surface area is 60.1 Å². The van der Waals surface area contributed by atoms with E-state index in [4.69, 9.17) is 0 Å². The van der Waals surface area contributed by atoms with Crippen LogP contribution in [-0.4, -0.2) is 11.7 Å². The Kier molecular flexibility index (Phi) is 8.82. The van der Waals surface area contributed by atoms with Crippen LogP contribution in [0.1, 0.15) is 6.92 Å². The van der Waals surface area contributed by atoms with Crippen molar-refractivity contribution in [3.63, 3.8) is 0 Å². The van der Waals surface area contributed by atoms with Crippen LogP contribution in [0.15, 0.2) is 0 Å². The summed E-state index contributed by atoms with van der Waals surface area (Å²) in [5, 5.41) is 8.36. The number of hydrogen-bond acceptors (Lipinski definition) is 3. The molecular weight excluding hydrogens is 177 g/mol. The van der Waals surface area contributed by atoms with Gasteiger partial charge in [0.2, 0.25) is 0 Å². The third kappa shape index (κ3) is 10.7. The topological polar surface area (TPSA) is 52.4 Å². The molecule has 0 radical (unpaired) electrons. The van der Waals surface area contributed by atoms with Crippen molar-refractivity contribution >= 4 is 0 Å². The number of hydrogen-bond donors (Lipinski definition) is 0. The summed E-state index contributed by atoms with van der Waals surface area (Å²) in [4.78, 5) is 12.9. The fraction of sp³-hybridized carbons (Fsp3) is 1.00. The smallest absolute Gasteiger partial charge is 0.294 e. The Balaban J connectivity index is 0. The molecule has 0 saturated carbocycles. The molecule has 0 N–H and O–H groups in total. The molecule has 40 valence electrons. The summed E-state index contributed by atoms with van der Waals surface area (Å²) in [7, 11) is 0. The third-order valence-electron chi connectivity index (χ3n) is 0.235. The zero-order valence-corrected chi connectivity index (χ0v) is 6.34. The molecule has 0 unspecified atom stereocenters. The Morgan fingerprint density at radius 1 is 1.86 bits per heavy atom. The normalized spacial score (nSPS) is 6.43. The molecule has 0 bridgehead atoms. The largest absolute Gasteiger partial charge is 0.314 e. The van der Waals surface area contributed by atoms with Crippen LogP contribution in [0.3, 0.4) is 0 Å². The second-order valence-corrected chi connectivity index (χ2v) is 0.641. The Morgan fingerprint density at radius 3 is 2.29 bits per heavy atom. The van der Waals surface area contributed by atoms with E-state index in [1.807, 2.05) is 0 Å². The van der Waals surface area contributed by atoms with Crippen LogP contribution in [0.25, 0.3) is 0 Å². The number of rotatable bonds is 2. The molecule has 0 aromatic heterocycles. The first-order valence-corrected chi connectivity index (χ1v) is 1.54. The summed E-state index contributed by atoms with van der Waals surface area (Å²) in [6, 6.07) is 0. The van der Waals surface area contributed by atoms with Crippen molar-refractivity contribution in [3.8, 4) is 0 Å². The quantitative estimate of drug-likeness (QED) is 0.453. The Hall–Kier alpha value is 0.0831. The molecule has 0 spiro atoms. The van der Waals surface area contributed by atoms with Gasteiger partial charge in [-0.15, -0.1) is 10.1 Å². The van der Waals surface area contributed by atoms with E-state index in [1.54, 1.807) is 6.92 Å². The molecule has 4 nitrogen and oxygen atoms in total. The van der Waals surface area contributed by atoms with Gasteiger partial charge in [0.15, 0.2) is 0 Å². The van der Waals surface area contributed by atoms with Gasteiger partial charge in [0, 0.05) is 26.2 Å². The van der Waals surface area contributed by atoms with E-state index in [9.17, 15) is 10.1 Å². The van der Waals surface area contributed by atoms with Gasteiger partial charge in [-0.1, -0.05) is 0 Å². The van der Waals surface area contributed by atoms with Crippen LogP contribution in [0.4, 0.5) is 0 Å². The van der Waals surface area contributed by atoms with Gasteiger partial charge in [-0.2, -0.15) is 0 Å². The van der Waals surface area contributed by atoms with Gasteiger partial charge in [0.1, 0.15) is 0 Å². The van der Waals surface area contributed by atoms with Crippen LogP contribution in [0, 0.1) is 10.1 Å². The minimum absolute atomic E-state index is 0. The van der Waals surface area contributed by atoms with Crippen molar-refractivity contribution in [1.82, 2.24) is 0 Å². The van der Waals surface area contributed by atoms with E-state index in [2.05, 4.69) is 4.84 Å². The van der Waals surface area contributed by atoms with Crippen molar-refractivity contribution < 1.29 is 36.1 Å². The van der Waals surface area contributed by atoms with Crippen molar-refractivity contribution in [3.05, 3.63) is 10.1 Å². The molecule has 0 aliphatic heterocycles. The molecule has 0 saturated heterocycles. The summed E-state index contributed by atoms with van der Waals surface area (Å²) in [5.74, 6) is 0. The van der Waals surface area contributed by atoms with Crippen LogP contribution < -0.4 is 0 Å². The zero-order valence-electron chi connectivity index (χ0n) is 3.88. The molecule has 0 aliphatic carbocycles. The van der Waals surface area contributed by atoms with Crippen molar-refractivity contribution in [2.45, 2.75) is 6.92 Å². The molecule has 0 atom stereocenters. The van der Waals surface area contributed by atoms with Gasteiger partial charge < -0.3 is 4.84 Å². The maximum Gasteiger partial charge on any atom is 0.294 e. The molecule has 0 heterocycles. The Bertz CT molecular complexity index is 56.9. The van der Waals surface area contributed by atoms with E-state index in [0.717, 1.165) is 0 Å². The molecule has 0 aromatic carbocycles. The second-order valence-electron chi connectivity index (χ2n) is 0.641. The van der Waals surface area contributed by atoms with E-state index < -0.39 is 5.09 Å². The average molecular weight is 182 g/mol. The zero-order chi connectivity index (χ0) is 4.99. The molecule has 0 rings (SSSR count). The van der Waals surface area contributed by atoms with Gasteiger partial charge in [0.25, 0.3) is 5.09 Å². The standard InChI is InChI=1S/C2H5NO3.Zr/c1-2-6-3(4)5;/h2H2,1H3;. The monoisotopic (exact) mass is 181 g/mol. The van der Waals surface area contributed by atoms with Gasteiger partial charge in [0.05, 0.1) is 6.61 Å². The predicted molar refractivity (Wildman–Crippen MR) is 18.6 cm³/mol. The first kappa shape index (κ1) is 10.1. The number of nitrogens with zero attached hydrogens (tertiary/aromatic N) is 1. The minimum atomic E-state index is -0.819. The van der Waals surface area contributed by atoms with Crippen molar-refractivity contribution in [2.24, 2.45) is 0 Å². The van der Waals surface area contributed by atoms with Crippen molar-refractivity contribution in [2.75, 3.05) is 6.61 Å². The molecule has 5 heteroatoms. The maximum absolute atomic E-state index is 9.18. The van der Waals surface area contributed by atoms with E-state index in [0.29, 0.717) is 0 Å². The summed E-state index contributed by atoms with van der Waals surface area (Å²) >= 11 is 0. The molecule has 0 fully saturated rings. The molecule has 0 aliphatic rings. The van der Waals surface area contributed by atoms with E-state index in [1.165, 1.54) is 0 Å². The summed E-state index contributed by atoms with van der Waals surface area (Å²) < 4.78 is 0. The molecular formula is C2H5NO3Zr. The summed E-state index contributed by atoms with van der Waals surface area (Å²) in [5.41, 5.74) is 0.